The first kappa shape index (κ1) is 16.1. The minimum Gasteiger partial charge on any atom is -0.493 e. The van der Waals surface area contributed by atoms with Crippen LogP contribution in [0.25, 0.3) is 0 Å². The molecule has 0 bridgehead atoms. The van der Waals surface area contributed by atoms with E-state index < -0.39 is 0 Å². The highest BCUT2D eigenvalue weighted by molar-refractivity contribution is 5.43. The van der Waals surface area contributed by atoms with Gasteiger partial charge in [0.1, 0.15) is 0 Å². The van der Waals surface area contributed by atoms with Crippen molar-refractivity contribution in [2.45, 2.75) is 19.1 Å². The number of hydrogen-bond acceptors (Lipinski definition) is 5. The Balaban J connectivity index is 1.92. The van der Waals surface area contributed by atoms with Crippen LogP contribution in [0.4, 0.5) is 0 Å². The van der Waals surface area contributed by atoms with Crippen LogP contribution in [0.2, 0.25) is 0 Å². The van der Waals surface area contributed by atoms with Crippen LogP contribution in [0.3, 0.4) is 0 Å². The van der Waals surface area contributed by atoms with Gasteiger partial charge in [0.05, 0.1) is 26.9 Å². The second-order valence-electron chi connectivity index (χ2n) is 5.50. The Morgan fingerprint density at radius 2 is 2.10 bits per heavy atom. The Morgan fingerprint density at radius 3 is 2.76 bits per heavy atom. The largest absolute Gasteiger partial charge is 0.493 e. The smallest absolute Gasteiger partial charge is 0.161 e. The van der Waals surface area contributed by atoms with Gasteiger partial charge in [-0.25, -0.2) is 0 Å². The summed E-state index contributed by atoms with van der Waals surface area (Å²) in [5.74, 6) is 1.52. The number of ether oxygens (including phenoxy) is 3. The predicted molar refractivity (Wildman–Crippen MR) is 83.2 cm³/mol. The quantitative estimate of drug-likeness (QED) is 0.865. The van der Waals surface area contributed by atoms with E-state index in [1.807, 2.05) is 12.1 Å². The SMILES string of the molecule is COc1ccc(C(C)NCC2CN(C)CCO2)cc1OC. The molecule has 21 heavy (non-hydrogen) atoms. The van der Waals surface area contributed by atoms with Gasteiger partial charge in [-0.15, -0.1) is 0 Å². The number of nitrogens with zero attached hydrogens (tertiary/aromatic N) is 1. The third-order valence-corrected chi connectivity index (χ3v) is 3.90. The summed E-state index contributed by atoms with van der Waals surface area (Å²) in [4.78, 5) is 2.30. The Kier molecular flexibility index (Phi) is 5.85. The Hall–Kier alpha value is -1.30. The van der Waals surface area contributed by atoms with Crippen molar-refractivity contribution in [1.29, 1.82) is 0 Å². The summed E-state index contributed by atoms with van der Waals surface area (Å²) >= 11 is 0. The molecular formula is C16H26N2O3. The van der Waals surface area contributed by atoms with Crippen LogP contribution in [-0.4, -0.2) is 58.5 Å². The van der Waals surface area contributed by atoms with Crippen LogP contribution in [-0.2, 0) is 4.74 Å². The first-order chi connectivity index (χ1) is 10.1. The average Bonchev–Trinajstić information content (AvgIpc) is 2.52. The highest BCUT2D eigenvalue weighted by Crippen LogP contribution is 2.29. The molecule has 5 heteroatoms. The fourth-order valence-electron chi connectivity index (χ4n) is 2.54. The molecular weight excluding hydrogens is 268 g/mol. The van der Waals surface area contributed by atoms with Gasteiger partial charge in [-0.3, -0.25) is 0 Å². The zero-order chi connectivity index (χ0) is 15.2. The summed E-state index contributed by atoms with van der Waals surface area (Å²) < 4.78 is 16.4. The lowest BCUT2D eigenvalue weighted by Gasteiger charge is -2.31. The van der Waals surface area contributed by atoms with Crippen molar-refractivity contribution in [2.24, 2.45) is 0 Å². The lowest BCUT2D eigenvalue weighted by Crippen LogP contribution is -2.45. The van der Waals surface area contributed by atoms with Crippen molar-refractivity contribution in [1.82, 2.24) is 10.2 Å². The molecule has 0 aromatic heterocycles. The van der Waals surface area contributed by atoms with Gasteiger partial charge in [0.2, 0.25) is 0 Å². The van der Waals surface area contributed by atoms with Gasteiger partial charge >= 0.3 is 0 Å². The van der Waals surface area contributed by atoms with E-state index in [0.29, 0.717) is 0 Å². The molecule has 0 saturated carbocycles. The van der Waals surface area contributed by atoms with Crippen LogP contribution in [0.5, 0.6) is 11.5 Å². The van der Waals surface area contributed by atoms with Crippen molar-refractivity contribution in [2.75, 3.05) is 47.5 Å². The summed E-state index contributed by atoms with van der Waals surface area (Å²) in [6.07, 6.45) is 0.256. The van der Waals surface area contributed by atoms with E-state index in [2.05, 4.69) is 30.3 Å². The van der Waals surface area contributed by atoms with E-state index in [1.54, 1.807) is 14.2 Å². The predicted octanol–water partition coefficient (Wildman–Crippen LogP) is 1.68. The number of nitrogens with one attached hydrogen (secondary N) is 1. The van der Waals surface area contributed by atoms with E-state index in [-0.39, 0.29) is 12.1 Å². The van der Waals surface area contributed by atoms with Crippen molar-refractivity contribution in [3.8, 4) is 11.5 Å². The second kappa shape index (κ2) is 7.64. The van der Waals surface area contributed by atoms with Crippen LogP contribution in [0, 0.1) is 0 Å². The molecule has 1 saturated heterocycles. The normalized spacial score (nSPS) is 21.0. The second-order valence-corrected chi connectivity index (χ2v) is 5.50. The molecule has 0 amide bonds. The molecule has 1 aromatic carbocycles. The van der Waals surface area contributed by atoms with Gasteiger partial charge in [-0.1, -0.05) is 6.07 Å². The third-order valence-electron chi connectivity index (χ3n) is 3.90. The van der Waals surface area contributed by atoms with E-state index in [4.69, 9.17) is 14.2 Å². The summed E-state index contributed by atoms with van der Waals surface area (Å²) in [7, 11) is 5.44. The number of morpholine rings is 1. The molecule has 1 aromatic rings. The lowest BCUT2D eigenvalue weighted by molar-refractivity contribution is -0.0190. The average molecular weight is 294 g/mol. The van der Waals surface area contributed by atoms with Crippen LogP contribution in [0.15, 0.2) is 18.2 Å². The summed E-state index contributed by atoms with van der Waals surface area (Å²) in [6, 6.07) is 6.26. The molecule has 5 nitrogen and oxygen atoms in total. The zero-order valence-electron chi connectivity index (χ0n) is 13.4. The molecule has 2 atom stereocenters. The highest BCUT2D eigenvalue weighted by Gasteiger charge is 2.18. The summed E-state index contributed by atoms with van der Waals surface area (Å²) in [5.41, 5.74) is 1.18. The van der Waals surface area contributed by atoms with Gasteiger partial charge in [-0.2, -0.15) is 0 Å². The molecule has 0 aliphatic carbocycles. The zero-order valence-corrected chi connectivity index (χ0v) is 13.4. The lowest BCUT2D eigenvalue weighted by atomic mass is 10.1. The van der Waals surface area contributed by atoms with Crippen molar-refractivity contribution in [3.05, 3.63) is 23.8 Å². The highest BCUT2D eigenvalue weighted by atomic mass is 16.5. The first-order valence-electron chi connectivity index (χ1n) is 7.39. The monoisotopic (exact) mass is 294 g/mol. The number of hydrogen-bond donors (Lipinski definition) is 1. The summed E-state index contributed by atoms with van der Waals surface area (Å²) in [5, 5.41) is 3.53. The van der Waals surface area contributed by atoms with Crippen LogP contribution >= 0.6 is 0 Å². The molecule has 1 aliphatic rings. The van der Waals surface area contributed by atoms with E-state index in [9.17, 15) is 0 Å². The Bertz CT molecular complexity index is 453. The van der Waals surface area contributed by atoms with Crippen LogP contribution < -0.4 is 14.8 Å². The summed E-state index contributed by atoms with van der Waals surface area (Å²) in [6.45, 7) is 5.80. The number of benzene rings is 1. The van der Waals surface area contributed by atoms with E-state index in [0.717, 1.165) is 37.7 Å². The molecule has 0 radical (unpaired) electrons. The minimum atomic E-state index is 0.237. The molecule has 2 rings (SSSR count). The topological polar surface area (TPSA) is 43.0 Å². The standard InChI is InChI=1S/C16H26N2O3/c1-12(17-10-14-11-18(2)7-8-21-14)13-5-6-15(19-3)16(9-13)20-4/h5-6,9,12,14,17H,7-8,10-11H2,1-4H3. The fraction of sp³-hybridized carbons (Fsp3) is 0.625. The molecule has 1 aliphatic heterocycles. The van der Waals surface area contributed by atoms with Gasteiger partial charge in [-0.05, 0) is 31.7 Å². The molecule has 1 heterocycles. The molecule has 1 N–H and O–H groups in total. The molecule has 2 unspecified atom stereocenters. The van der Waals surface area contributed by atoms with E-state index >= 15 is 0 Å². The maximum atomic E-state index is 5.77. The Labute approximate surface area is 127 Å². The number of methoxy groups -OCH3 is 2. The molecule has 0 spiro atoms. The maximum absolute atomic E-state index is 5.77. The van der Waals surface area contributed by atoms with Gasteiger partial charge in [0.15, 0.2) is 11.5 Å². The van der Waals surface area contributed by atoms with Gasteiger partial charge < -0.3 is 24.4 Å². The Morgan fingerprint density at radius 1 is 1.33 bits per heavy atom. The maximum Gasteiger partial charge on any atom is 0.161 e. The first-order valence-corrected chi connectivity index (χ1v) is 7.39. The van der Waals surface area contributed by atoms with Gasteiger partial charge in [0, 0.05) is 25.7 Å². The number of likely N-dealkylation sites (N-methyl/N-ethyl adjacent to an activating group) is 1. The van der Waals surface area contributed by atoms with Crippen LogP contribution in [0.1, 0.15) is 18.5 Å². The third kappa shape index (κ3) is 4.33. The van der Waals surface area contributed by atoms with Crippen molar-refractivity contribution >= 4 is 0 Å². The molecule has 1 fully saturated rings. The van der Waals surface area contributed by atoms with Gasteiger partial charge in [0.25, 0.3) is 0 Å². The number of rotatable bonds is 6. The fourth-order valence-corrected chi connectivity index (χ4v) is 2.54. The molecule has 118 valence electrons. The van der Waals surface area contributed by atoms with Crippen molar-refractivity contribution in [3.63, 3.8) is 0 Å². The van der Waals surface area contributed by atoms with E-state index in [1.165, 1.54) is 5.56 Å². The van der Waals surface area contributed by atoms with Crippen molar-refractivity contribution < 1.29 is 14.2 Å². The minimum absolute atomic E-state index is 0.237.